The quantitative estimate of drug-likeness (QED) is 0.846. The minimum atomic E-state index is 0.479. The van der Waals surface area contributed by atoms with Gasteiger partial charge in [-0.1, -0.05) is 18.2 Å². The normalized spacial score (nSPS) is 22.1. The molecule has 2 atom stereocenters. The van der Waals surface area contributed by atoms with Crippen LogP contribution >= 0.6 is 0 Å². The van der Waals surface area contributed by atoms with Gasteiger partial charge in [-0.15, -0.1) is 0 Å². The average Bonchev–Trinajstić information content (AvgIpc) is 2.90. The van der Waals surface area contributed by atoms with Gasteiger partial charge in [0.25, 0.3) is 0 Å². The number of rotatable bonds is 4. The highest BCUT2D eigenvalue weighted by Gasteiger charge is 2.28. The molecule has 3 rings (SSSR count). The van der Waals surface area contributed by atoms with Crippen LogP contribution in [0.1, 0.15) is 18.9 Å². The molecule has 0 bridgehead atoms. The summed E-state index contributed by atoms with van der Waals surface area (Å²) in [6.45, 7) is 3.34. The molecule has 1 aliphatic heterocycles. The molecule has 0 saturated carbocycles. The number of allylic oxidation sites excluding steroid dienone is 2. The Kier molecular flexibility index (Phi) is 3.93. The standard InChI is InChI=1S/C18H23N3/c1-14(20(2)3)13-21-10-8-15-6-7-16(11-18(15)21)17-5-4-9-19-12-17/h4-10,12,14,18H,11,13H2,1-3H3/t14-,18+/m1/s1. The first-order valence-electron chi connectivity index (χ1n) is 7.56. The van der Waals surface area contributed by atoms with Crippen LogP contribution in [0.5, 0.6) is 0 Å². The average molecular weight is 281 g/mol. The van der Waals surface area contributed by atoms with Crippen molar-refractivity contribution in [2.45, 2.75) is 25.4 Å². The van der Waals surface area contributed by atoms with Crippen molar-refractivity contribution in [2.24, 2.45) is 0 Å². The van der Waals surface area contributed by atoms with Crippen molar-refractivity contribution in [2.75, 3.05) is 20.6 Å². The second-order valence-corrected chi connectivity index (χ2v) is 6.15. The Hall–Kier alpha value is -1.87. The lowest BCUT2D eigenvalue weighted by atomic mass is 9.90. The molecular weight excluding hydrogens is 258 g/mol. The van der Waals surface area contributed by atoms with Gasteiger partial charge in [0.1, 0.15) is 0 Å². The maximum atomic E-state index is 4.24. The summed E-state index contributed by atoms with van der Waals surface area (Å²) in [6, 6.07) is 5.18. The summed E-state index contributed by atoms with van der Waals surface area (Å²) in [6.07, 6.45) is 13.8. The summed E-state index contributed by atoms with van der Waals surface area (Å²) in [5, 5.41) is 0. The fourth-order valence-corrected chi connectivity index (χ4v) is 2.89. The van der Waals surface area contributed by atoms with Gasteiger partial charge in [0.05, 0.1) is 6.04 Å². The lowest BCUT2D eigenvalue weighted by Crippen LogP contribution is -2.40. The molecule has 21 heavy (non-hydrogen) atoms. The first kappa shape index (κ1) is 14.1. The van der Waals surface area contributed by atoms with E-state index in [9.17, 15) is 0 Å². The lowest BCUT2D eigenvalue weighted by Gasteiger charge is -2.33. The largest absolute Gasteiger partial charge is 0.369 e. The fraction of sp³-hybridized carbons (Fsp3) is 0.389. The third kappa shape index (κ3) is 2.93. The van der Waals surface area contributed by atoms with Crippen LogP contribution in [0.2, 0.25) is 0 Å². The van der Waals surface area contributed by atoms with Gasteiger partial charge >= 0.3 is 0 Å². The molecule has 3 heteroatoms. The van der Waals surface area contributed by atoms with E-state index >= 15 is 0 Å². The molecule has 2 heterocycles. The number of aromatic nitrogens is 1. The molecule has 110 valence electrons. The van der Waals surface area contributed by atoms with Gasteiger partial charge in [-0.05, 0) is 56.3 Å². The fourth-order valence-electron chi connectivity index (χ4n) is 2.89. The summed E-state index contributed by atoms with van der Waals surface area (Å²) in [7, 11) is 4.28. The molecule has 0 amide bonds. The maximum absolute atomic E-state index is 4.24. The number of hydrogen-bond acceptors (Lipinski definition) is 3. The molecular formula is C18H23N3. The Morgan fingerprint density at radius 2 is 2.24 bits per heavy atom. The molecule has 1 aromatic heterocycles. The van der Waals surface area contributed by atoms with Crippen LogP contribution in [0.4, 0.5) is 0 Å². The van der Waals surface area contributed by atoms with E-state index in [4.69, 9.17) is 0 Å². The van der Waals surface area contributed by atoms with Crippen LogP contribution in [0, 0.1) is 0 Å². The minimum absolute atomic E-state index is 0.479. The van der Waals surface area contributed by atoms with Gasteiger partial charge < -0.3 is 9.80 Å². The maximum Gasteiger partial charge on any atom is 0.0578 e. The first-order valence-corrected chi connectivity index (χ1v) is 7.56. The van der Waals surface area contributed by atoms with E-state index in [0.29, 0.717) is 12.1 Å². The molecule has 2 aliphatic rings. The Morgan fingerprint density at radius 1 is 1.38 bits per heavy atom. The van der Waals surface area contributed by atoms with E-state index < -0.39 is 0 Å². The number of hydrogen-bond donors (Lipinski definition) is 0. The zero-order valence-electron chi connectivity index (χ0n) is 13.0. The van der Waals surface area contributed by atoms with E-state index in [2.05, 4.69) is 66.3 Å². The van der Waals surface area contributed by atoms with Gasteiger partial charge in [0.15, 0.2) is 0 Å². The molecule has 0 spiro atoms. The highest BCUT2D eigenvalue weighted by molar-refractivity contribution is 5.70. The SMILES string of the molecule is C[C@H](CN1C=CC2=CC=C(c3cccnc3)C[C@@H]21)N(C)C. The molecule has 0 fully saturated rings. The molecule has 0 radical (unpaired) electrons. The van der Waals surface area contributed by atoms with Crippen LogP contribution in [0.25, 0.3) is 5.57 Å². The predicted molar refractivity (Wildman–Crippen MR) is 87.7 cm³/mol. The third-order valence-electron chi connectivity index (χ3n) is 4.52. The van der Waals surface area contributed by atoms with Crippen molar-refractivity contribution in [3.8, 4) is 0 Å². The summed E-state index contributed by atoms with van der Waals surface area (Å²) in [5.74, 6) is 0. The van der Waals surface area contributed by atoms with E-state index in [1.54, 1.807) is 0 Å². The Bertz CT molecular complexity index is 584. The first-order chi connectivity index (χ1) is 10.1. The van der Waals surface area contributed by atoms with Crippen LogP contribution in [0.15, 0.2) is 54.5 Å². The third-order valence-corrected chi connectivity index (χ3v) is 4.52. The predicted octanol–water partition coefficient (Wildman–Crippen LogP) is 2.94. The van der Waals surface area contributed by atoms with Crippen LogP contribution in [-0.2, 0) is 0 Å². The Labute approximate surface area is 127 Å². The van der Waals surface area contributed by atoms with Gasteiger partial charge in [0.2, 0.25) is 0 Å². The van der Waals surface area contributed by atoms with Crippen molar-refractivity contribution in [1.29, 1.82) is 0 Å². The van der Waals surface area contributed by atoms with Crippen molar-refractivity contribution < 1.29 is 0 Å². The monoisotopic (exact) mass is 281 g/mol. The molecule has 0 saturated heterocycles. The Morgan fingerprint density at radius 3 is 2.95 bits per heavy atom. The zero-order chi connectivity index (χ0) is 14.8. The van der Waals surface area contributed by atoms with Gasteiger partial charge in [0, 0.05) is 31.2 Å². The van der Waals surface area contributed by atoms with Crippen LogP contribution < -0.4 is 0 Å². The molecule has 0 unspecified atom stereocenters. The zero-order valence-corrected chi connectivity index (χ0v) is 13.0. The van der Waals surface area contributed by atoms with Gasteiger partial charge in [-0.2, -0.15) is 0 Å². The Balaban J connectivity index is 1.75. The smallest absolute Gasteiger partial charge is 0.0578 e. The molecule has 3 nitrogen and oxygen atoms in total. The second kappa shape index (κ2) is 5.86. The van der Waals surface area contributed by atoms with Crippen molar-refractivity contribution in [3.05, 3.63) is 60.1 Å². The highest BCUT2D eigenvalue weighted by Crippen LogP contribution is 2.34. The molecule has 0 N–H and O–H groups in total. The van der Waals surface area contributed by atoms with Crippen LogP contribution in [0.3, 0.4) is 0 Å². The summed E-state index contributed by atoms with van der Waals surface area (Å²) < 4.78 is 0. The number of likely N-dealkylation sites (N-methyl/N-ethyl adjacent to an activating group) is 1. The minimum Gasteiger partial charge on any atom is -0.369 e. The van der Waals surface area contributed by atoms with Gasteiger partial charge in [-0.25, -0.2) is 0 Å². The van der Waals surface area contributed by atoms with Crippen molar-refractivity contribution in [1.82, 2.24) is 14.8 Å². The summed E-state index contributed by atoms with van der Waals surface area (Å²) >= 11 is 0. The van der Waals surface area contributed by atoms with E-state index in [1.165, 1.54) is 16.7 Å². The van der Waals surface area contributed by atoms with E-state index in [-0.39, 0.29) is 0 Å². The number of pyridine rings is 1. The van der Waals surface area contributed by atoms with Gasteiger partial charge in [-0.3, -0.25) is 4.98 Å². The topological polar surface area (TPSA) is 19.4 Å². The second-order valence-electron chi connectivity index (χ2n) is 6.15. The summed E-state index contributed by atoms with van der Waals surface area (Å²) in [5.41, 5.74) is 4.04. The number of nitrogens with zero attached hydrogens (tertiary/aromatic N) is 3. The lowest BCUT2D eigenvalue weighted by molar-refractivity contribution is 0.221. The molecule has 1 aliphatic carbocycles. The van der Waals surface area contributed by atoms with E-state index in [0.717, 1.165) is 13.0 Å². The van der Waals surface area contributed by atoms with Crippen molar-refractivity contribution >= 4 is 5.57 Å². The van der Waals surface area contributed by atoms with Crippen molar-refractivity contribution in [3.63, 3.8) is 0 Å². The molecule has 1 aromatic rings. The van der Waals surface area contributed by atoms with Crippen LogP contribution in [-0.4, -0.2) is 47.5 Å². The number of fused-ring (bicyclic) bond motifs is 1. The molecule has 0 aromatic carbocycles. The summed E-state index contributed by atoms with van der Waals surface area (Å²) in [4.78, 5) is 8.98. The highest BCUT2D eigenvalue weighted by atomic mass is 15.2. The van der Waals surface area contributed by atoms with E-state index in [1.807, 2.05) is 18.5 Å².